The molecule has 5 rings (SSSR count). The van der Waals surface area contributed by atoms with Crippen LogP contribution in [0, 0.1) is 5.41 Å². The van der Waals surface area contributed by atoms with Crippen LogP contribution in [0.3, 0.4) is 0 Å². The highest BCUT2D eigenvalue weighted by Gasteiger charge is 2.40. The molecule has 4 aromatic rings. The van der Waals surface area contributed by atoms with E-state index in [9.17, 15) is 37.5 Å². The number of carbonyl (C=O) groups is 5. The van der Waals surface area contributed by atoms with E-state index in [1.54, 1.807) is 4.90 Å². The molecule has 1 fully saturated rings. The van der Waals surface area contributed by atoms with Gasteiger partial charge in [0.2, 0.25) is 33.7 Å². The number of thiazole rings is 1. The SMILES string of the molecule is C[C@@H]1C[C@@H](O)CN1C(=O)C(NC(=O)CCOCCOCCC(=O)NCc1cccc(-c2cccc(-c3csc(NC(=O)CNC(=O)c4ccn(S(C)(=O)=O)c4)n3)c2)c1)C(C)(C)C. The molecule has 17 nitrogen and oxygen atoms in total. The van der Waals surface area contributed by atoms with Crippen molar-refractivity contribution < 1.29 is 47.0 Å². The van der Waals surface area contributed by atoms with Crippen molar-refractivity contribution in [1.29, 1.82) is 0 Å². The number of nitrogens with one attached hydrogen (secondary N) is 4. The summed E-state index contributed by atoms with van der Waals surface area (Å²) in [5.41, 5.74) is 3.82. The zero-order valence-electron chi connectivity index (χ0n) is 35.5. The fourth-order valence-corrected chi connectivity index (χ4v) is 7.95. The van der Waals surface area contributed by atoms with Crippen LogP contribution in [0.4, 0.5) is 5.13 Å². The van der Waals surface area contributed by atoms with Gasteiger partial charge in [0.15, 0.2) is 5.13 Å². The minimum atomic E-state index is -3.53. The zero-order chi connectivity index (χ0) is 45.0. The lowest BCUT2D eigenvalue weighted by atomic mass is 9.85. The van der Waals surface area contributed by atoms with Crippen molar-refractivity contribution in [3.05, 3.63) is 83.5 Å². The first-order valence-electron chi connectivity index (χ1n) is 20.2. The average Bonchev–Trinajstić information content (AvgIpc) is 3.99. The van der Waals surface area contributed by atoms with Gasteiger partial charge in [-0.2, -0.15) is 0 Å². The largest absolute Gasteiger partial charge is 0.391 e. The Morgan fingerprint density at radius 1 is 0.903 bits per heavy atom. The maximum Gasteiger partial charge on any atom is 0.253 e. The van der Waals surface area contributed by atoms with Crippen LogP contribution in [0.15, 0.2) is 72.4 Å². The third-order valence-electron chi connectivity index (χ3n) is 9.95. The fourth-order valence-electron chi connectivity index (χ4n) is 6.62. The van der Waals surface area contributed by atoms with Crippen LogP contribution in [-0.2, 0) is 45.2 Å². The first-order valence-corrected chi connectivity index (χ1v) is 22.9. The van der Waals surface area contributed by atoms with Crippen molar-refractivity contribution in [2.45, 2.75) is 71.7 Å². The quantitative estimate of drug-likeness (QED) is 0.0809. The molecule has 19 heteroatoms. The Bertz CT molecular complexity index is 2320. The summed E-state index contributed by atoms with van der Waals surface area (Å²) < 4.78 is 35.3. The molecule has 0 bridgehead atoms. The van der Waals surface area contributed by atoms with Gasteiger partial charge in [-0.15, -0.1) is 11.3 Å². The van der Waals surface area contributed by atoms with Crippen molar-refractivity contribution in [2.24, 2.45) is 5.41 Å². The Balaban J connectivity index is 0.981. The summed E-state index contributed by atoms with van der Waals surface area (Å²) >= 11 is 1.23. The van der Waals surface area contributed by atoms with E-state index in [0.29, 0.717) is 23.8 Å². The zero-order valence-corrected chi connectivity index (χ0v) is 37.1. The number of hydrogen-bond donors (Lipinski definition) is 5. The highest BCUT2D eigenvalue weighted by Crippen LogP contribution is 2.30. The molecule has 0 radical (unpaired) electrons. The number of rotatable bonds is 20. The average molecular weight is 894 g/mol. The number of likely N-dealkylation sites (tertiary alicyclic amines) is 1. The summed E-state index contributed by atoms with van der Waals surface area (Å²) in [6.45, 7) is 8.64. The summed E-state index contributed by atoms with van der Waals surface area (Å²) in [6, 6.07) is 16.1. The number of aromatic nitrogens is 2. The van der Waals surface area contributed by atoms with Crippen molar-refractivity contribution in [3.8, 4) is 22.4 Å². The molecular formula is C43H55N7O10S2. The maximum absolute atomic E-state index is 13.2. The molecule has 1 aliphatic heterocycles. The standard InChI is InChI=1S/C43H55N7O10S2/c1-28-20-34(51)26-50(28)41(56)39(43(2,3)4)47-37(53)14-17-60-19-18-59-16-13-36(52)44-23-29-8-6-9-30(21-29)31-10-7-11-32(22-31)35-27-61-42(46-35)48-38(54)24-45-40(55)33-12-15-49(25-33)62(5,57)58/h6-12,15,21-22,25,27-28,34,39,51H,13-14,16-20,23-24,26H2,1-5H3,(H,44,52)(H,45,55)(H,47,53)(H,46,48,54)/t28-,34-,39?/m1/s1. The number of carbonyl (C=O) groups excluding carboxylic acids is 5. The van der Waals surface area contributed by atoms with E-state index in [4.69, 9.17) is 9.47 Å². The molecule has 1 aliphatic rings. The minimum absolute atomic E-state index is 0.0727. The van der Waals surface area contributed by atoms with E-state index in [2.05, 4.69) is 26.3 Å². The van der Waals surface area contributed by atoms with Gasteiger partial charge in [-0.05, 0) is 53.6 Å². The molecule has 62 heavy (non-hydrogen) atoms. The van der Waals surface area contributed by atoms with Gasteiger partial charge in [0.05, 0.1) is 56.6 Å². The van der Waals surface area contributed by atoms with Gasteiger partial charge in [-0.1, -0.05) is 57.2 Å². The second-order valence-corrected chi connectivity index (χ2v) is 18.9. The Kier molecular flexibility index (Phi) is 16.5. The van der Waals surface area contributed by atoms with Gasteiger partial charge in [0, 0.05) is 55.3 Å². The molecule has 3 heterocycles. The first-order chi connectivity index (χ1) is 29.4. The Morgan fingerprint density at radius 3 is 2.21 bits per heavy atom. The predicted octanol–water partition coefficient (Wildman–Crippen LogP) is 3.40. The number of anilines is 1. The Hall–Kier alpha value is -5.47. The molecule has 1 saturated heterocycles. The van der Waals surface area contributed by atoms with Gasteiger partial charge in [-0.3, -0.25) is 27.9 Å². The molecule has 5 N–H and O–H groups in total. The Morgan fingerprint density at radius 2 is 1.56 bits per heavy atom. The number of nitrogens with zero attached hydrogens (tertiary/aromatic N) is 3. The van der Waals surface area contributed by atoms with Crippen LogP contribution in [0.1, 0.15) is 62.9 Å². The topological polar surface area (TPSA) is 227 Å². The molecule has 2 aromatic carbocycles. The summed E-state index contributed by atoms with van der Waals surface area (Å²) in [7, 11) is -3.53. The molecule has 334 valence electrons. The maximum atomic E-state index is 13.2. The number of hydrogen-bond acceptors (Lipinski definition) is 12. The number of ether oxygens (including phenoxy) is 2. The molecule has 0 aliphatic carbocycles. The third kappa shape index (κ3) is 14.0. The van der Waals surface area contributed by atoms with Gasteiger partial charge in [0.25, 0.3) is 5.91 Å². The van der Waals surface area contributed by atoms with E-state index in [-0.39, 0.29) is 81.7 Å². The molecule has 1 unspecified atom stereocenters. The van der Waals surface area contributed by atoms with Crippen LogP contribution in [0.2, 0.25) is 0 Å². The summed E-state index contributed by atoms with van der Waals surface area (Å²) in [5.74, 6) is -1.76. The van der Waals surface area contributed by atoms with Crippen LogP contribution in [-0.4, -0.2) is 121 Å². The highest BCUT2D eigenvalue weighted by molar-refractivity contribution is 7.89. The molecule has 0 spiro atoms. The van der Waals surface area contributed by atoms with E-state index < -0.39 is 39.4 Å². The summed E-state index contributed by atoms with van der Waals surface area (Å²) in [6.07, 6.45) is 3.63. The van der Waals surface area contributed by atoms with Crippen molar-refractivity contribution in [3.63, 3.8) is 0 Å². The highest BCUT2D eigenvalue weighted by atomic mass is 32.2. The predicted molar refractivity (Wildman–Crippen MR) is 235 cm³/mol. The number of β-amino-alcohol motifs (C(OH)–C–C–N with tert-alkyl or cyclic N) is 1. The lowest BCUT2D eigenvalue weighted by Crippen LogP contribution is -2.55. The van der Waals surface area contributed by atoms with Gasteiger partial charge < -0.3 is 40.7 Å². The minimum Gasteiger partial charge on any atom is -0.391 e. The van der Waals surface area contributed by atoms with Gasteiger partial charge in [-0.25, -0.2) is 13.4 Å². The molecule has 2 aromatic heterocycles. The fraction of sp³-hybridized carbons (Fsp3) is 0.442. The Labute approximate surface area is 365 Å². The second kappa shape index (κ2) is 21.6. The molecular weight excluding hydrogens is 839 g/mol. The van der Waals surface area contributed by atoms with Crippen LogP contribution in [0.5, 0.6) is 0 Å². The van der Waals surface area contributed by atoms with Crippen LogP contribution < -0.4 is 21.3 Å². The van der Waals surface area contributed by atoms with E-state index in [0.717, 1.165) is 32.5 Å². The van der Waals surface area contributed by atoms with Crippen molar-refractivity contribution >= 4 is 56.0 Å². The van der Waals surface area contributed by atoms with Crippen LogP contribution >= 0.6 is 11.3 Å². The lowest BCUT2D eigenvalue weighted by Gasteiger charge is -2.35. The number of aliphatic hydroxyl groups is 1. The van der Waals surface area contributed by atoms with Gasteiger partial charge >= 0.3 is 0 Å². The molecule has 0 saturated carbocycles. The van der Waals surface area contributed by atoms with Gasteiger partial charge in [0.1, 0.15) is 6.04 Å². The number of amides is 5. The van der Waals surface area contributed by atoms with Crippen molar-refractivity contribution in [1.82, 2.24) is 29.8 Å². The smallest absolute Gasteiger partial charge is 0.253 e. The monoisotopic (exact) mass is 893 g/mol. The number of benzene rings is 2. The number of aliphatic hydroxyl groups excluding tert-OH is 1. The van der Waals surface area contributed by atoms with E-state index in [1.165, 1.54) is 29.8 Å². The second-order valence-electron chi connectivity index (χ2n) is 16.1. The first kappa shape index (κ1) is 47.6. The molecule has 3 atom stereocenters. The van der Waals surface area contributed by atoms with Crippen molar-refractivity contribution in [2.75, 3.05) is 51.1 Å². The normalized spacial score (nSPS) is 15.8. The third-order valence-corrected chi connectivity index (χ3v) is 11.7. The van der Waals surface area contributed by atoms with E-state index >= 15 is 0 Å². The summed E-state index contributed by atoms with van der Waals surface area (Å²) in [5, 5.41) is 23.1. The lowest BCUT2D eigenvalue weighted by molar-refractivity contribution is -0.140. The van der Waals surface area contributed by atoms with Crippen LogP contribution in [0.25, 0.3) is 22.4 Å². The summed E-state index contributed by atoms with van der Waals surface area (Å²) in [4.78, 5) is 69.5. The van der Waals surface area contributed by atoms with E-state index in [1.807, 2.05) is 81.6 Å². The molecule has 5 amide bonds.